The molecule has 0 unspecified atom stereocenters. The second-order valence-electron chi connectivity index (χ2n) is 4.49. The van der Waals surface area contributed by atoms with Gasteiger partial charge in [-0.25, -0.2) is 8.78 Å². The van der Waals surface area contributed by atoms with Gasteiger partial charge in [-0.1, -0.05) is 29.3 Å². The van der Waals surface area contributed by atoms with Crippen LogP contribution in [0.5, 0.6) is 0 Å². The molecule has 4 nitrogen and oxygen atoms in total. The summed E-state index contributed by atoms with van der Waals surface area (Å²) >= 11 is 11.8. The molecule has 0 aromatic heterocycles. The van der Waals surface area contributed by atoms with Gasteiger partial charge in [0.05, 0.1) is 21.4 Å². The Morgan fingerprint density at radius 2 is 1.92 bits per heavy atom. The molecule has 0 saturated heterocycles. The van der Waals surface area contributed by atoms with E-state index in [9.17, 15) is 13.6 Å². The van der Waals surface area contributed by atoms with Crippen molar-refractivity contribution >= 4 is 40.5 Å². The molecule has 0 heterocycles. The first-order valence-electron chi connectivity index (χ1n) is 6.49. The Morgan fingerprint density at radius 3 is 2.58 bits per heavy atom. The van der Waals surface area contributed by atoms with Crippen molar-refractivity contribution in [1.29, 1.82) is 5.26 Å². The van der Waals surface area contributed by atoms with Gasteiger partial charge in [-0.3, -0.25) is 4.79 Å². The van der Waals surface area contributed by atoms with Crippen molar-refractivity contribution in [1.82, 2.24) is 0 Å². The average molecular weight is 368 g/mol. The second-order valence-corrected chi connectivity index (χ2v) is 5.28. The van der Waals surface area contributed by atoms with Crippen LogP contribution in [0.3, 0.4) is 0 Å². The highest BCUT2D eigenvalue weighted by molar-refractivity contribution is 6.44. The summed E-state index contributed by atoms with van der Waals surface area (Å²) in [5.74, 6) is -2.37. The van der Waals surface area contributed by atoms with E-state index in [1.54, 1.807) is 18.2 Å². The predicted molar refractivity (Wildman–Crippen MR) is 88.8 cm³/mol. The van der Waals surface area contributed by atoms with Gasteiger partial charge >= 0.3 is 0 Å². The normalized spacial score (nSPS) is 10.9. The summed E-state index contributed by atoms with van der Waals surface area (Å²) in [5, 5.41) is 14.3. The molecule has 2 N–H and O–H groups in total. The van der Waals surface area contributed by atoms with Gasteiger partial charge in [0.1, 0.15) is 23.3 Å². The Hall–Kier alpha value is -2.62. The Kier molecular flexibility index (Phi) is 5.74. The van der Waals surface area contributed by atoms with Gasteiger partial charge in [0.15, 0.2) is 0 Å². The first-order chi connectivity index (χ1) is 11.4. The number of benzene rings is 2. The molecule has 0 fully saturated rings. The van der Waals surface area contributed by atoms with Crippen LogP contribution in [0.25, 0.3) is 0 Å². The summed E-state index contributed by atoms with van der Waals surface area (Å²) in [4.78, 5) is 12.1. The Labute approximate surface area is 146 Å². The molecule has 0 saturated carbocycles. The van der Waals surface area contributed by atoms with E-state index in [0.717, 1.165) is 18.3 Å². The lowest BCUT2D eigenvalue weighted by Crippen LogP contribution is -2.15. The number of nitrogens with one attached hydrogen (secondary N) is 2. The molecule has 0 atom stereocenters. The zero-order chi connectivity index (χ0) is 17.7. The van der Waals surface area contributed by atoms with Gasteiger partial charge in [-0.15, -0.1) is 0 Å². The van der Waals surface area contributed by atoms with E-state index >= 15 is 0 Å². The lowest BCUT2D eigenvalue weighted by atomic mass is 10.2. The second kappa shape index (κ2) is 7.77. The third-order valence-electron chi connectivity index (χ3n) is 2.87. The van der Waals surface area contributed by atoms with Gasteiger partial charge in [-0.05, 0) is 24.3 Å². The minimum absolute atomic E-state index is 0.0854. The fraction of sp³-hybridized carbons (Fsp3) is 0. The molecule has 0 spiro atoms. The number of carbonyl (C=O) groups excluding carboxylic acids is 1. The highest BCUT2D eigenvalue weighted by Gasteiger charge is 2.13. The van der Waals surface area contributed by atoms with Crippen LogP contribution >= 0.6 is 23.2 Å². The number of anilines is 2. The fourth-order valence-electron chi connectivity index (χ4n) is 1.70. The molecule has 0 aliphatic heterocycles. The molecule has 8 heteroatoms. The molecule has 24 heavy (non-hydrogen) atoms. The van der Waals surface area contributed by atoms with E-state index in [-0.39, 0.29) is 27.0 Å². The number of nitriles is 1. The van der Waals surface area contributed by atoms with Crippen LogP contribution < -0.4 is 10.6 Å². The van der Waals surface area contributed by atoms with Gasteiger partial charge in [-0.2, -0.15) is 5.26 Å². The molecule has 2 aromatic carbocycles. The largest absolute Gasteiger partial charge is 0.358 e. The molecular formula is C16H9Cl2F2N3O. The summed E-state index contributed by atoms with van der Waals surface area (Å²) in [6.45, 7) is 0. The van der Waals surface area contributed by atoms with Crippen molar-refractivity contribution in [3.05, 3.63) is 69.9 Å². The van der Waals surface area contributed by atoms with Crippen molar-refractivity contribution in [2.24, 2.45) is 0 Å². The minimum atomic E-state index is -0.859. The standard InChI is InChI=1S/C16H9Cl2F2N3O/c17-11-2-1-3-14(15(11)18)23-16(24)9(7-21)8-22-13-5-4-10(19)6-12(13)20/h1-6,8,22H,(H,23,24)/b9-8-. The van der Waals surface area contributed by atoms with Crippen molar-refractivity contribution < 1.29 is 13.6 Å². The molecule has 0 bridgehead atoms. The van der Waals surface area contributed by atoms with Crippen LogP contribution in [0.2, 0.25) is 10.0 Å². The number of amides is 1. The number of halogens is 4. The molecular weight excluding hydrogens is 359 g/mol. The van der Waals surface area contributed by atoms with E-state index in [1.807, 2.05) is 0 Å². The lowest BCUT2D eigenvalue weighted by molar-refractivity contribution is -0.112. The van der Waals surface area contributed by atoms with Crippen LogP contribution in [0, 0.1) is 23.0 Å². The zero-order valence-corrected chi connectivity index (χ0v) is 13.4. The molecule has 0 aliphatic carbocycles. The van der Waals surface area contributed by atoms with Crippen molar-refractivity contribution in [2.75, 3.05) is 10.6 Å². The Morgan fingerprint density at radius 1 is 1.17 bits per heavy atom. The third kappa shape index (κ3) is 4.22. The zero-order valence-electron chi connectivity index (χ0n) is 11.9. The molecule has 0 aliphatic rings. The van der Waals surface area contributed by atoms with Crippen molar-refractivity contribution in [2.45, 2.75) is 0 Å². The Balaban J connectivity index is 2.17. The summed E-state index contributed by atoms with van der Waals surface area (Å²) in [7, 11) is 0. The van der Waals surface area contributed by atoms with Crippen LogP contribution in [0.15, 0.2) is 48.2 Å². The lowest BCUT2D eigenvalue weighted by Gasteiger charge is -2.08. The highest BCUT2D eigenvalue weighted by atomic mass is 35.5. The van der Waals surface area contributed by atoms with E-state index in [0.29, 0.717) is 6.07 Å². The van der Waals surface area contributed by atoms with Gasteiger partial charge in [0.25, 0.3) is 5.91 Å². The summed E-state index contributed by atoms with van der Waals surface area (Å²) in [5.41, 5.74) is -0.198. The van der Waals surface area contributed by atoms with E-state index in [4.69, 9.17) is 28.5 Å². The van der Waals surface area contributed by atoms with Gasteiger partial charge in [0, 0.05) is 12.3 Å². The topological polar surface area (TPSA) is 64.9 Å². The summed E-state index contributed by atoms with van der Waals surface area (Å²) in [6, 6.07) is 9.15. The first-order valence-corrected chi connectivity index (χ1v) is 7.25. The maximum absolute atomic E-state index is 13.5. The highest BCUT2D eigenvalue weighted by Crippen LogP contribution is 2.29. The fourth-order valence-corrected chi connectivity index (χ4v) is 2.04. The number of hydrogen-bond donors (Lipinski definition) is 2. The summed E-state index contributed by atoms with van der Waals surface area (Å²) in [6.07, 6.45) is 1.00. The van der Waals surface area contributed by atoms with Crippen LogP contribution in [0.4, 0.5) is 20.2 Å². The van der Waals surface area contributed by atoms with E-state index < -0.39 is 17.5 Å². The molecule has 122 valence electrons. The van der Waals surface area contributed by atoms with E-state index in [2.05, 4.69) is 10.6 Å². The predicted octanol–water partition coefficient (Wildman–Crippen LogP) is 4.73. The molecule has 0 radical (unpaired) electrons. The quantitative estimate of drug-likeness (QED) is 0.606. The number of nitrogens with zero attached hydrogens (tertiary/aromatic N) is 1. The van der Waals surface area contributed by atoms with Gasteiger partial charge < -0.3 is 10.6 Å². The van der Waals surface area contributed by atoms with Gasteiger partial charge in [0.2, 0.25) is 0 Å². The van der Waals surface area contributed by atoms with Crippen LogP contribution in [-0.4, -0.2) is 5.91 Å². The maximum Gasteiger partial charge on any atom is 0.267 e. The SMILES string of the molecule is N#C/C(=C/Nc1ccc(F)cc1F)C(=O)Nc1cccc(Cl)c1Cl. The summed E-state index contributed by atoms with van der Waals surface area (Å²) < 4.78 is 26.3. The molecule has 1 amide bonds. The van der Waals surface area contributed by atoms with Crippen LogP contribution in [-0.2, 0) is 4.79 Å². The van der Waals surface area contributed by atoms with Crippen molar-refractivity contribution in [3.8, 4) is 6.07 Å². The smallest absolute Gasteiger partial charge is 0.267 e. The Bertz CT molecular complexity index is 863. The molecule has 2 rings (SSSR count). The molecule has 2 aromatic rings. The number of hydrogen-bond acceptors (Lipinski definition) is 3. The third-order valence-corrected chi connectivity index (χ3v) is 3.69. The van der Waals surface area contributed by atoms with E-state index in [1.165, 1.54) is 6.07 Å². The minimum Gasteiger partial charge on any atom is -0.358 e. The van der Waals surface area contributed by atoms with Crippen LogP contribution in [0.1, 0.15) is 0 Å². The average Bonchev–Trinajstić information content (AvgIpc) is 2.54. The van der Waals surface area contributed by atoms with Crippen molar-refractivity contribution in [3.63, 3.8) is 0 Å². The monoisotopic (exact) mass is 367 g/mol. The maximum atomic E-state index is 13.5. The number of carbonyl (C=O) groups is 1. The first kappa shape index (κ1) is 17.7. The number of rotatable bonds is 4.